The summed E-state index contributed by atoms with van der Waals surface area (Å²) in [6.45, 7) is 0. The van der Waals surface area contributed by atoms with E-state index in [0.717, 1.165) is 72.8 Å². The van der Waals surface area contributed by atoms with Gasteiger partial charge < -0.3 is 121 Å². The molecule has 12 atom stereocenters. The van der Waals surface area contributed by atoms with Crippen LogP contribution in [0, 0.1) is 0 Å². The van der Waals surface area contributed by atoms with Crippen LogP contribution < -0.4 is 18.9 Å². The molecule has 6 aliphatic rings. The van der Waals surface area contributed by atoms with Crippen LogP contribution in [-0.4, -0.2) is 128 Å². The third kappa shape index (κ3) is 7.78. The number of hydrogen-bond donors (Lipinski definition) is 19. The first-order valence-electron chi connectivity index (χ1n) is 26.0. The molecule has 0 saturated heterocycles. The van der Waals surface area contributed by atoms with Gasteiger partial charge in [0.1, 0.15) is 81.9 Å². The second-order valence-corrected chi connectivity index (χ2v) is 21.5. The monoisotopic (exact) mass is 1150 g/mol. The van der Waals surface area contributed by atoms with E-state index in [1.165, 1.54) is 24.3 Å². The molecular weight excluding hydrogens is 1100 g/mol. The SMILES string of the molecule is OC1=CC2=C(C(O)C1)C(c1c(O)cc(O)c3c1O[C@@]1(c4ccc(O)c(O)c4)Oc4cc(O)c5c(c4[C@@H]3[C@H]1O)O[C@H](c1ccc(O)c(O)c1)[C@H](O)[C@H]5c1c(O)cc(O)c3c1O[C@H](c1ccc(O)c(O)c1)[C@@H](O)C3)[C@@H](O)[C@@H](c1ccc(O)c(O)c1)O2. The third-order valence-electron chi connectivity index (χ3n) is 16.6. The second-order valence-electron chi connectivity index (χ2n) is 21.5. The Hall–Kier alpha value is -9.98. The van der Waals surface area contributed by atoms with E-state index in [-0.39, 0.29) is 61.8 Å². The summed E-state index contributed by atoms with van der Waals surface area (Å²) in [6.07, 6.45) is -13.6. The van der Waals surface area contributed by atoms with Crippen molar-refractivity contribution in [3.63, 3.8) is 0 Å². The molecule has 2 bridgehead atoms. The Morgan fingerprint density at radius 2 is 0.857 bits per heavy atom. The largest absolute Gasteiger partial charge is 0.512 e. The summed E-state index contributed by atoms with van der Waals surface area (Å²) in [5, 5.41) is 218. The standard InChI is InChI=1S/C60H50O24/c61-23-13-34(71)42-40(14-23)80-54(20-2-6-26(63)31(68)10-20)51(77)48(42)45-36(73)17-37(74)46-50-47-41(83-60(59(50)79,84-58(45)46)22-4-8-28(65)33(70)12-22)18-38(75)44-49(52(78)55(82-57(44)47)21-3-7-27(64)32(69)11-21)43-35(72)16-29(66)24-15-39(76)53(81-56(24)43)19-1-5-25(62)30(67)9-19/h1-12,14,16-18,34,39,48-55,59,61-79H,13,15H2/t34?,39-,48?,49-,50+,51+,52+,53+,54+,55+,59+,60+/m0/s1. The Bertz CT molecular complexity index is 4020. The van der Waals surface area contributed by atoms with Crippen molar-refractivity contribution in [2.45, 2.75) is 85.2 Å². The van der Waals surface area contributed by atoms with Gasteiger partial charge in [-0.15, -0.1) is 0 Å². The topological polar surface area (TPSA) is 431 Å². The van der Waals surface area contributed by atoms with E-state index in [1.54, 1.807) is 0 Å². The number of allylic oxidation sites excluding steroid dienone is 1. The molecule has 0 fully saturated rings. The Balaban J connectivity index is 1.09. The summed E-state index contributed by atoms with van der Waals surface area (Å²) in [5.41, 5.74) is -2.37. The molecule has 0 radical (unpaired) electrons. The van der Waals surface area contributed by atoms with E-state index in [1.807, 2.05) is 0 Å². The molecule has 7 aromatic carbocycles. The predicted octanol–water partition coefficient (Wildman–Crippen LogP) is 5.33. The molecule has 0 aromatic heterocycles. The van der Waals surface area contributed by atoms with Gasteiger partial charge in [0.05, 0.1) is 29.8 Å². The minimum absolute atomic E-state index is 0.0328. The van der Waals surface area contributed by atoms with Gasteiger partial charge >= 0.3 is 5.79 Å². The first-order chi connectivity index (χ1) is 40.0. The van der Waals surface area contributed by atoms with Crippen molar-refractivity contribution >= 4 is 0 Å². The normalized spacial score (nSPS) is 27.2. The number of phenolic OH excluding ortho intramolecular Hbond substituents is 13. The fraction of sp³-hybridized carbons (Fsp3) is 0.233. The number of fused-ring (bicyclic) bond motifs is 9. The van der Waals surface area contributed by atoms with Crippen LogP contribution in [0.3, 0.4) is 0 Å². The summed E-state index contributed by atoms with van der Waals surface area (Å²) < 4.78 is 32.9. The van der Waals surface area contributed by atoms with Gasteiger partial charge in [0.25, 0.3) is 0 Å². The van der Waals surface area contributed by atoms with Gasteiger partial charge in [-0.25, -0.2) is 0 Å². The number of ether oxygens (including phenoxy) is 5. The highest BCUT2D eigenvalue weighted by molar-refractivity contribution is 5.74. The maximum Gasteiger partial charge on any atom is 0.305 e. The van der Waals surface area contributed by atoms with Crippen LogP contribution in [-0.2, 0) is 16.9 Å². The summed E-state index contributed by atoms with van der Waals surface area (Å²) in [4.78, 5) is 0. The van der Waals surface area contributed by atoms with E-state index in [0.29, 0.717) is 0 Å². The van der Waals surface area contributed by atoms with Crippen molar-refractivity contribution < 1.29 is 121 Å². The van der Waals surface area contributed by atoms with E-state index in [2.05, 4.69) is 0 Å². The minimum atomic E-state index is -2.71. The Morgan fingerprint density at radius 3 is 1.44 bits per heavy atom. The zero-order chi connectivity index (χ0) is 59.4. The molecule has 19 N–H and O–H groups in total. The lowest BCUT2D eigenvalue weighted by atomic mass is 9.69. The lowest BCUT2D eigenvalue weighted by Crippen LogP contribution is -2.58. The zero-order valence-corrected chi connectivity index (χ0v) is 43.0. The summed E-state index contributed by atoms with van der Waals surface area (Å²) in [7, 11) is 0. The lowest BCUT2D eigenvalue weighted by Gasteiger charge is -2.52. The Kier molecular flexibility index (Phi) is 11.9. The molecule has 1 aliphatic carbocycles. The summed E-state index contributed by atoms with van der Waals surface area (Å²) >= 11 is 0. The van der Waals surface area contributed by atoms with Gasteiger partial charge in [-0.2, -0.15) is 0 Å². The molecule has 0 spiro atoms. The molecule has 5 aliphatic heterocycles. The van der Waals surface area contributed by atoms with Crippen molar-refractivity contribution in [3.05, 3.63) is 170 Å². The van der Waals surface area contributed by atoms with Gasteiger partial charge in [-0.05, 0) is 71.3 Å². The first-order valence-corrected chi connectivity index (χ1v) is 26.0. The number of phenols is 13. The average molecular weight is 1160 g/mol. The van der Waals surface area contributed by atoms with Crippen molar-refractivity contribution in [1.29, 1.82) is 0 Å². The van der Waals surface area contributed by atoms with Crippen LogP contribution in [0.15, 0.2) is 114 Å². The van der Waals surface area contributed by atoms with E-state index >= 15 is 0 Å². The molecule has 5 heterocycles. The second kappa shape index (κ2) is 18.8. The maximum absolute atomic E-state index is 13.2. The van der Waals surface area contributed by atoms with Crippen LogP contribution in [0.4, 0.5) is 0 Å². The van der Waals surface area contributed by atoms with Crippen molar-refractivity contribution in [3.8, 4) is 97.7 Å². The fourth-order valence-electron chi connectivity index (χ4n) is 12.8. The number of benzene rings is 7. The number of rotatable bonds is 6. The minimum Gasteiger partial charge on any atom is -0.512 e. The van der Waals surface area contributed by atoms with Gasteiger partial charge in [0, 0.05) is 87.6 Å². The Morgan fingerprint density at radius 1 is 0.381 bits per heavy atom. The van der Waals surface area contributed by atoms with Gasteiger partial charge in [-0.3, -0.25) is 0 Å². The van der Waals surface area contributed by atoms with Crippen LogP contribution in [0.2, 0.25) is 0 Å². The third-order valence-corrected chi connectivity index (χ3v) is 16.6. The zero-order valence-electron chi connectivity index (χ0n) is 43.0. The average Bonchev–Trinajstić information content (AvgIpc) is 0.715. The smallest absolute Gasteiger partial charge is 0.305 e. The predicted molar refractivity (Wildman–Crippen MR) is 283 cm³/mol. The lowest BCUT2D eigenvalue weighted by molar-refractivity contribution is -0.219. The molecule has 2 unspecified atom stereocenters. The van der Waals surface area contributed by atoms with Crippen molar-refractivity contribution in [2.75, 3.05) is 0 Å². The molecule has 434 valence electrons. The number of aromatic hydroxyl groups is 13. The summed E-state index contributed by atoms with van der Waals surface area (Å²) in [5.74, 6) is -19.2. The molecule has 24 heteroatoms. The Labute approximate surface area is 472 Å². The molecule has 7 aromatic rings. The van der Waals surface area contributed by atoms with Crippen LogP contribution in [0.1, 0.15) is 98.1 Å². The highest BCUT2D eigenvalue weighted by Gasteiger charge is 2.62. The number of hydrogen-bond acceptors (Lipinski definition) is 24. The molecule has 24 nitrogen and oxygen atoms in total. The highest BCUT2D eigenvalue weighted by atomic mass is 16.7. The summed E-state index contributed by atoms with van der Waals surface area (Å²) in [6, 6.07) is 16.3. The number of aliphatic hydroxyl groups is 6. The quantitative estimate of drug-likeness (QED) is 0.0935. The van der Waals surface area contributed by atoms with Crippen molar-refractivity contribution in [2.24, 2.45) is 0 Å². The van der Waals surface area contributed by atoms with E-state index in [4.69, 9.17) is 23.7 Å². The van der Waals surface area contributed by atoms with Crippen LogP contribution >= 0.6 is 0 Å². The number of aliphatic hydroxyl groups excluding tert-OH is 6. The van der Waals surface area contributed by atoms with Crippen molar-refractivity contribution in [1.82, 2.24) is 0 Å². The molecular formula is C60H50O24. The maximum atomic E-state index is 13.2. The van der Waals surface area contributed by atoms with E-state index in [9.17, 15) is 97.0 Å². The molecule has 0 amide bonds. The van der Waals surface area contributed by atoms with E-state index < -0.39 is 194 Å². The van der Waals surface area contributed by atoms with Crippen LogP contribution in [0.25, 0.3) is 0 Å². The fourth-order valence-corrected chi connectivity index (χ4v) is 12.8. The van der Waals surface area contributed by atoms with Crippen LogP contribution in [0.5, 0.6) is 97.7 Å². The first kappa shape index (κ1) is 53.3. The van der Waals surface area contributed by atoms with Gasteiger partial charge in [0.2, 0.25) is 0 Å². The van der Waals surface area contributed by atoms with Gasteiger partial charge in [-0.1, -0.05) is 18.2 Å². The molecule has 84 heavy (non-hydrogen) atoms. The highest BCUT2D eigenvalue weighted by Crippen LogP contribution is 2.67. The molecule has 0 saturated carbocycles. The molecule has 13 rings (SSSR count). The van der Waals surface area contributed by atoms with Gasteiger partial charge in [0.15, 0.2) is 58.2 Å².